The highest BCUT2D eigenvalue weighted by Gasteiger charge is 2.09. The molecule has 0 aliphatic rings. The van der Waals surface area contributed by atoms with Crippen molar-refractivity contribution in [1.29, 1.82) is 0 Å². The lowest BCUT2D eigenvalue weighted by Crippen LogP contribution is -2.14. The standard InChI is InChI=1S/C13H17N3O2S/c1-9(2)18-12-3-5-14-13(16-12)15-7-11(17)10-4-6-19-8-10/h3-6,8-9,11,17H,7H2,1-2H3,(H,14,15,16). The molecule has 2 N–H and O–H groups in total. The van der Waals surface area contributed by atoms with Crippen molar-refractivity contribution in [3.63, 3.8) is 0 Å². The van der Waals surface area contributed by atoms with E-state index in [1.54, 1.807) is 23.6 Å². The SMILES string of the molecule is CC(C)Oc1ccnc(NCC(O)c2ccsc2)n1. The van der Waals surface area contributed by atoms with Crippen LogP contribution in [0.25, 0.3) is 0 Å². The Kier molecular flexibility index (Phi) is 4.70. The summed E-state index contributed by atoms with van der Waals surface area (Å²) in [6.45, 7) is 4.24. The van der Waals surface area contributed by atoms with Crippen molar-refractivity contribution in [1.82, 2.24) is 9.97 Å². The number of rotatable bonds is 6. The molecule has 0 amide bonds. The maximum absolute atomic E-state index is 9.94. The second-order valence-electron chi connectivity index (χ2n) is 4.34. The molecule has 0 saturated carbocycles. The summed E-state index contributed by atoms with van der Waals surface area (Å²) in [5, 5.41) is 16.8. The topological polar surface area (TPSA) is 67.3 Å². The number of aromatic nitrogens is 2. The summed E-state index contributed by atoms with van der Waals surface area (Å²) in [4.78, 5) is 8.30. The second kappa shape index (κ2) is 6.49. The summed E-state index contributed by atoms with van der Waals surface area (Å²) in [6.07, 6.45) is 1.13. The molecule has 5 nitrogen and oxygen atoms in total. The Labute approximate surface area is 116 Å². The van der Waals surface area contributed by atoms with E-state index in [1.165, 1.54) is 0 Å². The fraction of sp³-hybridized carbons (Fsp3) is 0.385. The van der Waals surface area contributed by atoms with Gasteiger partial charge in [-0.05, 0) is 36.2 Å². The molecule has 1 atom stereocenters. The second-order valence-corrected chi connectivity index (χ2v) is 5.12. The Morgan fingerprint density at radius 1 is 1.42 bits per heavy atom. The molecule has 0 bridgehead atoms. The van der Waals surface area contributed by atoms with Gasteiger partial charge in [0.2, 0.25) is 11.8 Å². The zero-order valence-corrected chi connectivity index (χ0v) is 11.7. The molecule has 0 spiro atoms. The van der Waals surface area contributed by atoms with Gasteiger partial charge < -0.3 is 15.2 Å². The van der Waals surface area contributed by atoms with Crippen LogP contribution in [0.3, 0.4) is 0 Å². The first-order chi connectivity index (χ1) is 9.15. The smallest absolute Gasteiger partial charge is 0.226 e. The van der Waals surface area contributed by atoms with Crippen molar-refractivity contribution in [2.24, 2.45) is 0 Å². The minimum atomic E-state index is -0.565. The molecule has 0 aliphatic carbocycles. The Bertz CT molecular complexity index is 502. The van der Waals surface area contributed by atoms with Gasteiger partial charge in [0.15, 0.2) is 0 Å². The van der Waals surface area contributed by atoms with E-state index in [0.717, 1.165) is 5.56 Å². The van der Waals surface area contributed by atoms with Crippen LogP contribution in [0, 0.1) is 0 Å². The van der Waals surface area contributed by atoms with Crippen molar-refractivity contribution in [3.8, 4) is 5.88 Å². The van der Waals surface area contributed by atoms with Gasteiger partial charge in [-0.2, -0.15) is 16.3 Å². The molecule has 0 fully saturated rings. The summed E-state index contributed by atoms with van der Waals surface area (Å²) in [7, 11) is 0. The highest BCUT2D eigenvalue weighted by Crippen LogP contribution is 2.17. The lowest BCUT2D eigenvalue weighted by molar-refractivity contribution is 0.191. The minimum Gasteiger partial charge on any atom is -0.475 e. The van der Waals surface area contributed by atoms with Gasteiger partial charge >= 0.3 is 0 Å². The molecular weight excluding hydrogens is 262 g/mol. The van der Waals surface area contributed by atoms with Crippen LogP contribution < -0.4 is 10.1 Å². The quantitative estimate of drug-likeness (QED) is 0.850. The zero-order chi connectivity index (χ0) is 13.7. The third-order valence-corrected chi connectivity index (χ3v) is 3.07. The van der Waals surface area contributed by atoms with Crippen LogP contribution in [0.15, 0.2) is 29.1 Å². The number of nitrogens with zero attached hydrogens (tertiary/aromatic N) is 2. The fourth-order valence-corrected chi connectivity index (χ4v) is 2.21. The Balaban J connectivity index is 1.92. The van der Waals surface area contributed by atoms with Crippen molar-refractivity contribution < 1.29 is 9.84 Å². The summed E-state index contributed by atoms with van der Waals surface area (Å²) in [6, 6.07) is 3.61. The van der Waals surface area contributed by atoms with E-state index in [-0.39, 0.29) is 6.10 Å². The molecule has 2 heterocycles. The number of hydrogen-bond donors (Lipinski definition) is 2. The van der Waals surface area contributed by atoms with Gasteiger partial charge in [-0.15, -0.1) is 0 Å². The molecule has 0 saturated heterocycles. The third kappa shape index (κ3) is 4.18. The van der Waals surface area contributed by atoms with Gasteiger partial charge in [0, 0.05) is 18.8 Å². The lowest BCUT2D eigenvalue weighted by Gasteiger charge is -2.12. The van der Waals surface area contributed by atoms with E-state index in [9.17, 15) is 5.11 Å². The molecule has 0 radical (unpaired) electrons. The molecule has 6 heteroatoms. The average Bonchev–Trinajstić information content (AvgIpc) is 2.89. The van der Waals surface area contributed by atoms with Gasteiger partial charge in [0.05, 0.1) is 12.2 Å². The van der Waals surface area contributed by atoms with E-state index < -0.39 is 6.10 Å². The maximum Gasteiger partial charge on any atom is 0.226 e. The van der Waals surface area contributed by atoms with Crippen LogP contribution >= 0.6 is 11.3 Å². The largest absolute Gasteiger partial charge is 0.475 e. The summed E-state index contributed by atoms with van der Waals surface area (Å²) in [5.74, 6) is 0.977. The number of nitrogens with one attached hydrogen (secondary N) is 1. The van der Waals surface area contributed by atoms with Crippen molar-refractivity contribution >= 4 is 17.3 Å². The maximum atomic E-state index is 9.94. The van der Waals surface area contributed by atoms with Crippen molar-refractivity contribution in [2.45, 2.75) is 26.1 Å². The van der Waals surface area contributed by atoms with E-state index in [0.29, 0.717) is 18.4 Å². The van der Waals surface area contributed by atoms with Crippen LogP contribution in [0.2, 0.25) is 0 Å². The van der Waals surface area contributed by atoms with E-state index in [4.69, 9.17) is 4.74 Å². The van der Waals surface area contributed by atoms with E-state index in [1.807, 2.05) is 30.7 Å². The number of thiophene rings is 1. The molecule has 2 rings (SSSR count). The Hall–Kier alpha value is -1.66. The van der Waals surface area contributed by atoms with Crippen LogP contribution in [-0.4, -0.2) is 27.7 Å². The van der Waals surface area contributed by atoms with Crippen LogP contribution in [-0.2, 0) is 0 Å². The number of hydrogen-bond acceptors (Lipinski definition) is 6. The first-order valence-corrected chi connectivity index (χ1v) is 7.03. The van der Waals surface area contributed by atoms with Crippen LogP contribution in [0.5, 0.6) is 5.88 Å². The van der Waals surface area contributed by atoms with Gasteiger partial charge in [-0.25, -0.2) is 4.98 Å². The third-order valence-electron chi connectivity index (χ3n) is 2.37. The van der Waals surface area contributed by atoms with Gasteiger partial charge in [-0.1, -0.05) is 0 Å². The minimum absolute atomic E-state index is 0.0687. The van der Waals surface area contributed by atoms with Crippen LogP contribution in [0.4, 0.5) is 5.95 Å². The summed E-state index contributed by atoms with van der Waals surface area (Å²) < 4.78 is 5.48. The van der Waals surface area contributed by atoms with Crippen LogP contribution in [0.1, 0.15) is 25.5 Å². The number of anilines is 1. The number of ether oxygens (including phenoxy) is 1. The number of aliphatic hydroxyl groups excluding tert-OH is 1. The van der Waals surface area contributed by atoms with Gasteiger partial charge in [0.1, 0.15) is 0 Å². The predicted octanol–water partition coefficient (Wildman–Crippen LogP) is 2.47. The normalized spacial score (nSPS) is 12.4. The van der Waals surface area contributed by atoms with E-state index >= 15 is 0 Å². The average molecular weight is 279 g/mol. The van der Waals surface area contributed by atoms with Crippen molar-refractivity contribution in [2.75, 3.05) is 11.9 Å². The molecule has 2 aromatic heterocycles. The van der Waals surface area contributed by atoms with Gasteiger partial charge in [0.25, 0.3) is 0 Å². The molecule has 2 aromatic rings. The highest BCUT2D eigenvalue weighted by atomic mass is 32.1. The monoisotopic (exact) mass is 279 g/mol. The van der Waals surface area contributed by atoms with E-state index in [2.05, 4.69) is 15.3 Å². The first-order valence-electron chi connectivity index (χ1n) is 6.09. The number of aliphatic hydroxyl groups is 1. The predicted molar refractivity (Wildman–Crippen MR) is 75.6 cm³/mol. The molecule has 0 aliphatic heterocycles. The highest BCUT2D eigenvalue weighted by molar-refractivity contribution is 7.07. The van der Waals surface area contributed by atoms with Crippen molar-refractivity contribution in [3.05, 3.63) is 34.7 Å². The zero-order valence-electron chi connectivity index (χ0n) is 10.9. The summed E-state index contributed by atoms with van der Waals surface area (Å²) in [5.41, 5.74) is 0.895. The summed E-state index contributed by atoms with van der Waals surface area (Å²) >= 11 is 1.56. The molecule has 0 aromatic carbocycles. The van der Waals surface area contributed by atoms with Gasteiger partial charge in [-0.3, -0.25) is 0 Å². The fourth-order valence-electron chi connectivity index (χ4n) is 1.50. The Morgan fingerprint density at radius 2 is 2.26 bits per heavy atom. The molecule has 102 valence electrons. The first kappa shape index (κ1) is 13.8. The molecule has 19 heavy (non-hydrogen) atoms. The molecule has 1 unspecified atom stereocenters. The lowest BCUT2D eigenvalue weighted by atomic mass is 10.2. The molecular formula is C13H17N3O2S. The Morgan fingerprint density at radius 3 is 2.95 bits per heavy atom.